The molecular weight excluding hydrogens is 400 g/mol. The molecule has 1 fully saturated rings. The van der Waals surface area contributed by atoms with Gasteiger partial charge in [0.2, 0.25) is 5.91 Å². The summed E-state index contributed by atoms with van der Waals surface area (Å²) in [7, 11) is 0. The monoisotopic (exact) mass is 426 g/mol. The van der Waals surface area contributed by atoms with Gasteiger partial charge in [-0.3, -0.25) is 19.8 Å². The van der Waals surface area contributed by atoms with Crippen LogP contribution in [0, 0.1) is 10.1 Å². The van der Waals surface area contributed by atoms with E-state index in [1.807, 2.05) is 45.8 Å². The molecule has 4 rings (SSSR count). The van der Waals surface area contributed by atoms with Crippen LogP contribution in [0.5, 0.6) is 0 Å². The standard InChI is InChI=1S/C22H26N4O3S/c1-17-10-11-25(20-8-4-5-9-21(20)30-17)22(27)16-23-12-14-24(15-13-23)18-6-2-3-7-19(18)26(28)29/h2-9,17H,10-16H2,1H3. The maximum atomic E-state index is 13.2. The van der Waals surface area contributed by atoms with Crippen molar-refractivity contribution >= 4 is 34.7 Å². The molecular formula is C22H26N4O3S. The SMILES string of the molecule is CC1CCN(C(=O)CN2CCN(c3ccccc3[N+](=O)[O-])CC2)c2ccccc2S1. The highest BCUT2D eigenvalue weighted by Crippen LogP contribution is 2.37. The maximum absolute atomic E-state index is 13.2. The molecule has 2 aromatic rings. The van der Waals surface area contributed by atoms with Crippen LogP contribution in [0.3, 0.4) is 0 Å². The molecule has 0 radical (unpaired) electrons. The average Bonchev–Trinajstić information content (AvgIpc) is 2.92. The van der Waals surface area contributed by atoms with Crippen molar-refractivity contribution in [2.45, 2.75) is 23.5 Å². The molecule has 1 amide bonds. The van der Waals surface area contributed by atoms with Crippen LogP contribution in [-0.4, -0.2) is 60.2 Å². The second-order valence-corrected chi connectivity index (χ2v) is 9.22. The minimum Gasteiger partial charge on any atom is -0.363 e. The topological polar surface area (TPSA) is 69.9 Å². The van der Waals surface area contributed by atoms with Crippen molar-refractivity contribution < 1.29 is 9.72 Å². The Hall–Kier alpha value is -2.58. The first-order chi connectivity index (χ1) is 14.5. The van der Waals surface area contributed by atoms with E-state index in [0.29, 0.717) is 43.7 Å². The van der Waals surface area contributed by atoms with E-state index in [1.54, 1.807) is 18.2 Å². The number of carbonyl (C=O) groups excluding carboxylic acids is 1. The fourth-order valence-corrected chi connectivity index (χ4v) is 5.17. The zero-order valence-electron chi connectivity index (χ0n) is 17.1. The van der Waals surface area contributed by atoms with Gasteiger partial charge in [-0.15, -0.1) is 11.8 Å². The van der Waals surface area contributed by atoms with Gasteiger partial charge in [0.1, 0.15) is 5.69 Å². The third-order valence-electron chi connectivity index (χ3n) is 5.69. The maximum Gasteiger partial charge on any atom is 0.292 e. The van der Waals surface area contributed by atoms with E-state index in [0.717, 1.165) is 23.5 Å². The van der Waals surface area contributed by atoms with Gasteiger partial charge in [-0.2, -0.15) is 0 Å². The molecule has 1 unspecified atom stereocenters. The highest BCUT2D eigenvalue weighted by atomic mass is 32.2. The van der Waals surface area contributed by atoms with Crippen molar-refractivity contribution in [1.82, 2.24) is 4.90 Å². The molecule has 158 valence electrons. The zero-order valence-corrected chi connectivity index (χ0v) is 17.9. The van der Waals surface area contributed by atoms with Gasteiger partial charge >= 0.3 is 0 Å². The molecule has 8 heteroatoms. The fraction of sp³-hybridized carbons (Fsp3) is 0.409. The number of anilines is 2. The predicted molar refractivity (Wildman–Crippen MR) is 120 cm³/mol. The summed E-state index contributed by atoms with van der Waals surface area (Å²) in [5.74, 6) is 0.122. The van der Waals surface area contributed by atoms with Gasteiger partial charge < -0.3 is 9.80 Å². The molecule has 2 aromatic carbocycles. The number of amides is 1. The van der Waals surface area contributed by atoms with Gasteiger partial charge in [-0.25, -0.2) is 0 Å². The molecule has 7 nitrogen and oxygen atoms in total. The van der Waals surface area contributed by atoms with Gasteiger partial charge in [0.05, 0.1) is 17.2 Å². The first kappa shape index (κ1) is 20.7. The number of para-hydroxylation sites is 3. The number of benzene rings is 2. The fourth-order valence-electron chi connectivity index (χ4n) is 4.06. The first-order valence-corrected chi connectivity index (χ1v) is 11.2. The van der Waals surface area contributed by atoms with Gasteiger partial charge in [-0.1, -0.05) is 31.2 Å². The summed E-state index contributed by atoms with van der Waals surface area (Å²) < 4.78 is 0. The zero-order chi connectivity index (χ0) is 21.1. The quantitative estimate of drug-likeness (QED) is 0.549. The van der Waals surface area contributed by atoms with Crippen LogP contribution in [0.25, 0.3) is 0 Å². The van der Waals surface area contributed by atoms with Crippen molar-refractivity contribution in [3.8, 4) is 0 Å². The molecule has 0 spiro atoms. The number of hydrogen-bond donors (Lipinski definition) is 0. The summed E-state index contributed by atoms with van der Waals surface area (Å²) >= 11 is 1.83. The lowest BCUT2D eigenvalue weighted by Gasteiger charge is -2.36. The summed E-state index contributed by atoms with van der Waals surface area (Å²) in [6.45, 7) is 6.07. The smallest absolute Gasteiger partial charge is 0.292 e. The molecule has 0 N–H and O–H groups in total. The Labute approximate surface area is 180 Å². The predicted octanol–water partition coefficient (Wildman–Crippen LogP) is 3.63. The third-order valence-corrected chi connectivity index (χ3v) is 6.93. The van der Waals surface area contributed by atoms with Gasteiger partial charge in [-0.05, 0) is 24.6 Å². The van der Waals surface area contributed by atoms with Crippen LogP contribution >= 0.6 is 11.8 Å². The number of piperazine rings is 1. The Morgan fingerprint density at radius 3 is 2.43 bits per heavy atom. The number of fused-ring (bicyclic) bond motifs is 1. The molecule has 0 aromatic heterocycles. The number of nitrogens with zero attached hydrogens (tertiary/aromatic N) is 4. The minimum absolute atomic E-state index is 0.122. The number of nitro groups is 1. The second-order valence-electron chi connectivity index (χ2n) is 7.74. The number of thioether (sulfide) groups is 1. The Morgan fingerprint density at radius 1 is 1.03 bits per heavy atom. The van der Waals surface area contributed by atoms with E-state index in [4.69, 9.17) is 0 Å². The highest BCUT2D eigenvalue weighted by Gasteiger charge is 2.28. The summed E-state index contributed by atoms with van der Waals surface area (Å²) in [4.78, 5) is 31.4. The number of nitro benzene ring substituents is 1. The van der Waals surface area contributed by atoms with Crippen molar-refractivity contribution in [1.29, 1.82) is 0 Å². The lowest BCUT2D eigenvalue weighted by molar-refractivity contribution is -0.384. The third kappa shape index (κ3) is 4.44. The Bertz CT molecular complexity index is 930. The summed E-state index contributed by atoms with van der Waals surface area (Å²) in [6.07, 6.45) is 0.969. The van der Waals surface area contributed by atoms with Crippen LogP contribution in [-0.2, 0) is 4.79 Å². The van der Waals surface area contributed by atoms with Crippen molar-refractivity contribution in [3.05, 3.63) is 58.6 Å². The Kier molecular flexibility index (Phi) is 6.24. The summed E-state index contributed by atoms with van der Waals surface area (Å²) in [5.41, 5.74) is 1.80. The Morgan fingerprint density at radius 2 is 1.70 bits per heavy atom. The van der Waals surface area contributed by atoms with Crippen molar-refractivity contribution in [2.24, 2.45) is 0 Å². The minimum atomic E-state index is -0.332. The van der Waals surface area contributed by atoms with Crippen LogP contribution in [0.4, 0.5) is 17.1 Å². The van der Waals surface area contributed by atoms with E-state index in [1.165, 1.54) is 0 Å². The van der Waals surface area contributed by atoms with E-state index >= 15 is 0 Å². The molecule has 1 saturated heterocycles. The van der Waals surface area contributed by atoms with Gasteiger partial charge in [0.15, 0.2) is 0 Å². The Balaban J connectivity index is 1.40. The van der Waals surface area contributed by atoms with Crippen LogP contribution < -0.4 is 9.80 Å². The average molecular weight is 427 g/mol. The summed E-state index contributed by atoms with van der Waals surface area (Å²) in [5, 5.41) is 11.8. The van der Waals surface area contributed by atoms with Gasteiger partial charge in [0, 0.05) is 48.9 Å². The van der Waals surface area contributed by atoms with E-state index in [9.17, 15) is 14.9 Å². The number of hydrogen-bond acceptors (Lipinski definition) is 6. The van der Waals surface area contributed by atoms with Crippen molar-refractivity contribution in [3.63, 3.8) is 0 Å². The lowest BCUT2D eigenvalue weighted by Crippen LogP contribution is -2.50. The molecule has 0 saturated carbocycles. The number of carbonyl (C=O) groups is 1. The molecule has 0 aliphatic carbocycles. The number of rotatable bonds is 4. The lowest BCUT2D eigenvalue weighted by atomic mass is 10.2. The first-order valence-electron chi connectivity index (χ1n) is 10.3. The van der Waals surface area contributed by atoms with E-state index in [2.05, 4.69) is 17.9 Å². The molecule has 30 heavy (non-hydrogen) atoms. The van der Waals surface area contributed by atoms with Crippen LogP contribution in [0.1, 0.15) is 13.3 Å². The van der Waals surface area contributed by atoms with Gasteiger partial charge in [0.25, 0.3) is 5.69 Å². The molecule has 0 bridgehead atoms. The van der Waals surface area contributed by atoms with Crippen LogP contribution in [0.15, 0.2) is 53.4 Å². The van der Waals surface area contributed by atoms with E-state index < -0.39 is 0 Å². The van der Waals surface area contributed by atoms with Crippen molar-refractivity contribution in [2.75, 3.05) is 49.1 Å². The molecule has 2 aliphatic rings. The second kappa shape index (κ2) is 9.06. The normalized spacial score (nSPS) is 19.8. The molecule has 2 heterocycles. The summed E-state index contributed by atoms with van der Waals surface area (Å²) in [6, 6.07) is 15.0. The highest BCUT2D eigenvalue weighted by molar-refractivity contribution is 8.00. The molecule has 1 atom stereocenters. The largest absolute Gasteiger partial charge is 0.363 e. The molecule has 2 aliphatic heterocycles. The van der Waals surface area contributed by atoms with Crippen LogP contribution in [0.2, 0.25) is 0 Å². The van der Waals surface area contributed by atoms with E-state index in [-0.39, 0.29) is 16.5 Å².